The fraction of sp³-hybridized carbons (Fsp3) is 0.536. The number of carbonyl (C=O) groups is 1. The van der Waals surface area contributed by atoms with Crippen LogP contribution in [0.25, 0.3) is 5.65 Å². The zero-order valence-electron chi connectivity index (χ0n) is 22.1. The summed E-state index contributed by atoms with van der Waals surface area (Å²) in [7, 11) is 0. The molecule has 1 aromatic carbocycles. The fourth-order valence-electron chi connectivity index (χ4n) is 5.99. The molecule has 6 rings (SSSR count). The van der Waals surface area contributed by atoms with E-state index in [0.29, 0.717) is 36.0 Å². The first kappa shape index (κ1) is 26.2. The second-order valence-corrected chi connectivity index (χ2v) is 11.2. The van der Waals surface area contributed by atoms with E-state index in [4.69, 9.17) is 32.2 Å². The van der Waals surface area contributed by atoms with Crippen LogP contribution in [-0.4, -0.2) is 82.5 Å². The topological polar surface area (TPSA) is 112 Å². The van der Waals surface area contributed by atoms with Gasteiger partial charge in [-0.25, -0.2) is 4.98 Å². The Balaban J connectivity index is 1.47. The summed E-state index contributed by atoms with van der Waals surface area (Å²) in [4.78, 5) is 25.3. The summed E-state index contributed by atoms with van der Waals surface area (Å²) in [5, 5.41) is 15.5. The van der Waals surface area contributed by atoms with E-state index in [1.807, 2.05) is 15.5 Å². The average molecular weight is 554 g/mol. The molecular formula is C28H36ClN7O3. The van der Waals surface area contributed by atoms with Gasteiger partial charge in [-0.05, 0) is 56.7 Å². The highest BCUT2D eigenvalue weighted by molar-refractivity contribution is 6.31. The molecule has 3 N–H and O–H groups in total. The number of rotatable bonds is 3. The molecule has 11 heteroatoms. The number of nitrogens with zero attached hydrogens (tertiary/aromatic N) is 6. The van der Waals surface area contributed by atoms with E-state index >= 15 is 0 Å². The molecule has 5 heterocycles. The minimum Gasteiger partial charge on any atom is -0.493 e. The van der Waals surface area contributed by atoms with Gasteiger partial charge in [-0.3, -0.25) is 4.79 Å². The van der Waals surface area contributed by atoms with Gasteiger partial charge in [-0.2, -0.15) is 9.61 Å². The number of aliphatic hydroxyl groups is 1. The van der Waals surface area contributed by atoms with Crippen LogP contribution >= 0.6 is 11.6 Å². The largest absolute Gasteiger partial charge is 0.493 e. The number of carbonyl (C=O) groups excluding carboxylic acids is 1. The summed E-state index contributed by atoms with van der Waals surface area (Å²) < 4.78 is 8.00. The van der Waals surface area contributed by atoms with Crippen molar-refractivity contribution in [1.82, 2.24) is 19.5 Å². The first-order chi connectivity index (χ1) is 19.0. The van der Waals surface area contributed by atoms with Crippen LogP contribution in [0.1, 0.15) is 60.6 Å². The Labute approximate surface area is 233 Å². The van der Waals surface area contributed by atoms with Crippen LogP contribution in [0.3, 0.4) is 0 Å². The van der Waals surface area contributed by atoms with Crippen molar-refractivity contribution >= 4 is 34.8 Å². The molecule has 2 bridgehead atoms. The smallest absolute Gasteiger partial charge is 0.258 e. The van der Waals surface area contributed by atoms with Crippen molar-refractivity contribution in [2.24, 2.45) is 5.73 Å². The first-order valence-corrected chi connectivity index (χ1v) is 14.4. The molecule has 10 nitrogen and oxygen atoms in total. The third-order valence-electron chi connectivity index (χ3n) is 8.01. The van der Waals surface area contributed by atoms with Crippen LogP contribution in [0.5, 0.6) is 5.75 Å². The minimum absolute atomic E-state index is 0.0252. The Bertz CT molecular complexity index is 1350. The van der Waals surface area contributed by atoms with Crippen molar-refractivity contribution in [3.05, 3.63) is 46.6 Å². The van der Waals surface area contributed by atoms with Crippen molar-refractivity contribution in [2.75, 3.05) is 55.7 Å². The van der Waals surface area contributed by atoms with Gasteiger partial charge in [-0.1, -0.05) is 11.6 Å². The molecule has 0 saturated carbocycles. The lowest BCUT2D eigenvalue weighted by molar-refractivity contribution is 0.0601. The van der Waals surface area contributed by atoms with Crippen LogP contribution in [0, 0.1) is 0 Å². The highest BCUT2D eigenvalue weighted by Gasteiger charge is 2.33. The maximum Gasteiger partial charge on any atom is 0.258 e. The lowest BCUT2D eigenvalue weighted by atomic mass is 9.98. The third kappa shape index (κ3) is 5.25. The van der Waals surface area contributed by atoms with E-state index in [9.17, 15) is 9.90 Å². The number of hydrogen-bond donors (Lipinski definition) is 2. The molecule has 0 spiro atoms. The van der Waals surface area contributed by atoms with Gasteiger partial charge in [0, 0.05) is 55.9 Å². The standard InChI is InChI=1S/C28H36ClN7O3/c29-19-6-7-24-21(15-19)28(38)35-10-2-1-5-23(35)22-16-26-31-25(34-11-8-20(30)18-34)17-27(36(26)32-22)33(12-13-37)9-3-4-14-39-24/h6-7,15-17,20,23,37H,1-5,8-14,18,30H2. The summed E-state index contributed by atoms with van der Waals surface area (Å²) in [6.45, 7) is 3.95. The predicted octanol–water partition coefficient (Wildman–Crippen LogP) is 3.26. The van der Waals surface area contributed by atoms with Gasteiger partial charge in [0.15, 0.2) is 5.65 Å². The highest BCUT2D eigenvalue weighted by atomic mass is 35.5. The van der Waals surface area contributed by atoms with E-state index in [1.165, 1.54) is 0 Å². The minimum atomic E-state index is -0.187. The van der Waals surface area contributed by atoms with Gasteiger partial charge < -0.3 is 30.3 Å². The predicted molar refractivity (Wildman–Crippen MR) is 151 cm³/mol. The van der Waals surface area contributed by atoms with E-state index in [0.717, 1.165) is 81.1 Å². The molecule has 2 aromatic heterocycles. The average Bonchev–Trinajstić information content (AvgIpc) is 3.58. The summed E-state index contributed by atoms with van der Waals surface area (Å²) in [5.74, 6) is 2.22. The number of halogens is 1. The molecule has 2 fully saturated rings. The number of β-amino-alcohol motifs (C(OH)–C–C–N with tert-alkyl or cyclic N) is 1. The molecule has 208 valence electrons. The van der Waals surface area contributed by atoms with E-state index in [-0.39, 0.29) is 24.6 Å². The molecule has 0 radical (unpaired) electrons. The SMILES string of the molecule is NC1CCN(c2cc3n4nc(cc4n2)C2CCCCN2C(=O)c2cc(Cl)ccc2OCCCCN3CCO)C1. The molecule has 3 aliphatic heterocycles. The second-order valence-electron chi connectivity index (χ2n) is 10.7. The van der Waals surface area contributed by atoms with Crippen LogP contribution < -0.4 is 20.3 Å². The molecule has 3 aromatic rings. The van der Waals surface area contributed by atoms with Gasteiger partial charge in [-0.15, -0.1) is 0 Å². The summed E-state index contributed by atoms with van der Waals surface area (Å²) >= 11 is 6.33. The third-order valence-corrected chi connectivity index (χ3v) is 8.25. The highest BCUT2D eigenvalue weighted by Crippen LogP contribution is 2.36. The molecule has 2 saturated heterocycles. The zero-order chi connectivity index (χ0) is 26.9. The maximum absolute atomic E-state index is 14.0. The quantitative estimate of drug-likeness (QED) is 0.508. The van der Waals surface area contributed by atoms with Crippen LogP contribution in [-0.2, 0) is 0 Å². The van der Waals surface area contributed by atoms with Gasteiger partial charge >= 0.3 is 0 Å². The number of amides is 1. The Morgan fingerprint density at radius 1 is 1.08 bits per heavy atom. The maximum atomic E-state index is 14.0. The van der Waals surface area contributed by atoms with Crippen molar-refractivity contribution in [2.45, 2.75) is 50.6 Å². The molecule has 39 heavy (non-hydrogen) atoms. The van der Waals surface area contributed by atoms with Crippen molar-refractivity contribution in [1.29, 1.82) is 0 Å². The summed E-state index contributed by atoms with van der Waals surface area (Å²) in [5.41, 5.74) is 8.26. The lowest BCUT2D eigenvalue weighted by Crippen LogP contribution is -2.39. The van der Waals surface area contributed by atoms with Crippen molar-refractivity contribution in [3.8, 4) is 5.75 Å². The molecule has 3 aliphatic rings. The second kappa shape index (κ2) is 11.2. The van der Waals surface area contributed by atoms with Gasteiger partial charge in [0.05, 0.1) is 30.5 Å². The molecule has 2 unspecified atom stereocenters. The Morgan fingerprint density at radius 3 is 2.77 bits per heavy atom. The molecule has 1 amide bonds. The number of piperidine rings is 1. The summed E-state index contributed by atoms with van der Waals surface area (Å²) in [6.07, 6.45) is 5.31. The molecule has 0 aliphatic carbocycles. The number of ether oxygens (including phenoxy) is 1. The Kier molecular flexibility index (Phi) is 7.51. The number of aromatic nitrogens is 3. The fourth-order valence-corrected chi connectivity index (χ4v) is 6.16. The van der Waals surface area contributed by atoms with Gasteiger partial charge in [0.1, 0.15) is 17.4 Å². The van der Waals surface area contributed by atoms with E-state index < -0.39 is 0 Å². The van der Waals surface area contributed by atoms with Gasteiger partial charge in [0.2, 0.25) is 0 Å². The number of anilines is 2. The number of fused-ring (bicyclic) bond motifs is 4. The Hall–Kier alpha value is -3.08. The Morgan fingerprint density at radius 2 is 1.95 bits per heavy atom. The lowest BCUT2D eigenvalue weighted by Gasteiger charge is -2.35. The number of hydrogen-bond acceptors (Lipinski definition) is 8. The number of nitrogens with two attached hydrogens (primary N) is 1. The molecular weight excluding hydrogens is 518 g/mol. The van der Waals surface area contributed by atoms with Crippen molar-refractivity contribution < 1.29 is 14.6 Å². The summed E-state index contributed by atoms with van der Waals surface area (Å²) in [6, 6.07) is 9.28. The van der Waals surface area contributed by atoms with Crippen LogP contribution in [0.15, 0.2) is 30.3 Å². The molecule has 2 atom stereocenters. The van der Waals surface area contributed by atoms with Crippen LogP contribution in [0.2, 0.25) is 5.02 Å². The first-order valence-electron chi connectivity index (χ1n) is 14.0. The van der Waals surface area contributed by atoms with Crippen molar-refractivity contribution in [3.63, 3.8) is 0 Å². The van der Waals surface area contributed by atoms with Crippen LogP contribution in [0.4, 0.5) is 11.6 Å². The zero-order valence-corrected chi connectivity index (χ0v) is 22.9. The van der Waals surface area contributed by atoms with Gasteiger partial charge in [0.25, 0.3) is 5.91 Å². The monoisotopic (exact) mass is 553 g/mol. The van der Waals surface area contributed by atoms with E-state index in [1.54, 1.807) is 18.2 Å². The van der Waals surface area contributed by atoms with E-state index in [2.05, 4.69) is 15.9 Å². The number of benzene rings is 1. The normalized spacial score (nSPS) is 22.4. The number of aliphatic hydroxyl groups excluding tert-OH is 1.